The van der Waals surface area contributed by atoms with Gasteiger partial charge in [-0.05, 0) is 52.0 Å². The van der Waals surface area contributed by atoms with Crippen molar-refractivity contribution in [1.29, 1.82) is 0 Å². The highest BCUT2D eigenvalue weighted by molar-refractivity contribution is 9.10. The van der Waals surface area contributed by atoms with Crippen molar-refractivity contribution in [3.05, 3.63) is 50.4 Å². The van der Waals surface area contributed by atoms with Gasteiger partial charge < -0.3 is 5.32 Å². The number of anilines is 1. The van der Waals surface area contributed by atoms with Crippen molar-refractivity contribution in [2.45, 2.75) is 6.92 Å². The van der Waals surface area contributed by atoms with Gasteiger partial charge in [0.1, 0.15) is 5.82 Å². The molecule has 17 heavy (non-hydrogen) atoms. The fourth-order valence-corrected chi connectivity index (χ4v) is 2.46. The van der Waals surface area contributed by atoms with Crippen LogP contribution in [-0.2, 0) is 0 Å². The van der Waals surface area contributed by atoms with E-state index in [1.54, 1.807) is 17.5 Å². The van der Waals surface area contributed by atoms with Crippen molar-refractivity contribution in [3.8, 4) is 0 Å². The summed E-state index contributed by atoms with van der Waals surface area (Å²) in [5, 5.41) is 6.26. The average molecular weight is 314 g/mol. The first-order chi connectivity index (χ1) is 8.08. The predicted octanol–water partition coefficient (Wildman–Crippen LogP) is 4.21. The van der Waals surface area contributed by atoms with E-state index in [-0.39, 0.29) is 5.91 Å². The van der Waals surface area contributed by atoms with Gasteiger partial charge in [-0.2, -0.15) is 11.3 Å². The predicted molar refractivity (Wildman–Crippen MR) is 71.1 cm³/mol. The SMILES string of the molecule is Cc1cc(Br)c(F)cc1NC(=O)c1ccsc1. The number of halogens is 2. The Kier molecular flexibility index (Phi) is 3.59. The molecule has 1 N–H and O–H groups in total. The maximum atomic E-state index is 13.4. The maximum absolute atomic E-state index is 13.4. The minimum Gasteiger partial charge on any atom is -0.322 e. The van der Waals surface area contributed by atoms with E-state index >= 15 is 0 Å². The first-order valence-corrected chi connectivity index (χ1v) is 6.60. The molecule has 2 rings (SSSR count). The summed E-state index contributed by atoms with van der Waals surface area (Å²) in [6.07, 6.45) is 0. The third kappa shape index (κ3) is 2.73. The largest absolute Gasteiger partial charge is 0.322 e. The molecule has 0 spiro atoms. The van der Waals surface area contributed by atoms with E-state index in [0.717, 1.165) is 5.56 Å². The van der Waals surface area contributed by atoms with Crippen LogP contribution in [0.2, 0.25) is 0 Å². The molecule has 0 atom stereocenters. The molecule has 0 aliphatic rings. The van der Waals surface area contributed by atoms with Gasteiger partial charge >= 0.3 is 0 Å². The molecule has 1 aromatic carbocycles. The van der Waals surface area contributed by atoms with Gasteiger partial charge in [-0.15, -0.1) is 0 Å². The Morgan fingerprint density at radius 1 is 1.47 bits per heavy atom. The van der Waals surface area contributed by atoms with Crippen LogP contribution in [-0.4, -0.2) is 5.91 Å². The van der Waals surface area contributed by atoms with Crippen molar-refractivity contribution in [2.24, 2.45) is 0 Å². The molecule has 0 aliphatic heterocycles. The van der Waals surface area contributed by atoms with Crippen LogP contribution in [0.5, 0.6) is 0 Å². The zero-order valence-corrected chi connectivity index (χ0v) is 11.4. The molecule has 0 saturated heterocycles. The Labute approximate surface area is 111 Å². The molecule has 0 aliphatic carbocycles. The second-order valence-corrected chi connectivity index (χ2v) is 5.18. The van der Waals surface area contributed by atoms with Crippen LogP contribution in [0, 0.1) is 12.7 Å². The minimum atomic E-state index is -0.392. The van der Waals surface area contributed by atoms with E-state index in [2.05, 4.69) is 21.2 Å². The van der Waals surface area contributed by atoms with E-state index in [1.165, 1.54) is 17.4 Å². The van der Waals surface area contributed by atoms with Gasteiger partial charge in [-0.25, -0.2) is 4.39 Å². The second-order valence-electron chi connectivity index (χ2n) is 3.55. The second kappa shape index (κ2) is 4.98. The number of aryl methyl sites for hydroxylation is 1. The normalized spacial score (nSPS) is 10.3. The number of nitrogens with one attached hydrogen (secondary N) is 1. The lowest BCUT2D eigenvalue weighted by atomic mass is 10.2. The van der Waals surface area contributed by atoms with Crippen LogP contribution >= 0.6 is 27.3 Å². The van der Waals surface area contributed by atoms with Crippen LogP contribution in [0.15, 0.2) is 33.4 Å². The van der Waals surface area contributed by atoms with Crippen molar-refractivity contribution < 1.29 is 9.18 Å². The van der Waals surface area contributed by atoms with Gasteiger partial charge in [0, 0.05) is 11.1 Å². The van der Waals surface area contributed by atoms with E-state index in [1.807, 2.05) is 12.3 Å². The van der Waals surface area contributed by atoms with E-state index < -0.39 is 5.82 Å². The molecule has 0 unspecified atom stereocenters. The third-order valence-electron chi connectivity index (χ3n) is 2.30. The lowest BCUT2D eigenvalue weighted by molar-refractivity contribution is 0.102. The minimum absolute atomic E-state index is 0.226. The molecule has 0 fully saturated rings. The number of thiophene rings is 1. The quantitative estimate of drug-likeness (QED) is 0.884. The lowest BCUT2D eigenvalue weighted by Crippen LogP contribution is -2.12. The topological polar surface area (TPSA) is 29.1 Å². The van der Waals surface area contributed by atoms with Crippen molar-refractivity contribution in [2.75, 3.05) is 5.32 Å². The Balaban J connectivity index is 2.25. The molecule has 1 heterocycles. The number of benzene rings is 1. The van der Waals surface area contributed by atoms with Crippen LogP contribution in [0.25, 0.3) is 0 Å². The van der Waals surface area contributed by atoms with Gasteiger partial charge in [0.05, 0.1) is 10.0 Å². The number of amides is 1. The van der Waals surface area contributed by atoms with Gasteiger partial charge in [0.2, 0.25) is 0 Å². The zero-order chi connectivity index (χ0) is 12.4. The molecule has 1 amide bonds. The maximum Gasteiger partial charge on any atom is 0.256 e. The molecular formula is C12H9BrFNOS. The molecule has 1 aromatic heterocycles. The van der Waals surface area contributed by atoms with Crippen molar-refractivity contribution in [1.82, 2.24) is 0 Å². The van der Waals surface area contributed by atoms with Gasteiger partial charge in [0.25, 0.3) is 5.91 Å². The molecule has 0 radical (unpaired) electrons. The molecule has 5 heteroatoms. The number of carbonyl (C=O) groups excluding carboxylic acids is 1. The fraction of sp³-hybridized carbons (Fsp3) is 0.0833. The number of hydrogen-bond donors (Lipinski definition) is 1. The Morgan fingerprint density at radius 2 is 2.24 bits per heavy atom. The van der Waals surface area contributed by atoms with E-state index in [4.69, 9.17) is 0 Å². The summed E-state index contributed by atoms with van der Waals surface area (Å²) in [7, 11) is 0. The van der Waals surface area contributed by atoms with Gasteiger partial charge in [-0.1, -0.05) is 0 Å². The standard InChI is InChI=1S/C12H9BrFNOS/c1-7-4-9(13)10(14)5-11(7)15-12(16)8-2-3-17-6-8/h2-6H,1H3,(H,15,16). The van der Waals surface area contributed by atoms with Crippen molar-refractivity contribution in [3.63, 3.8) is 0 Å². The average Bonchev–Trinajstić information content (AvgIpc) is 2.79. The summed E-state index contributed by atoms with van der Waals surface area (Å²) >= 11 is 4.54. The first-order valence-electron chi connectivity index (χ1n) is 4.87. The molecule has 0 bridgehead atoms. The zero-order valence-electron chi connectivity index (χ0n) is 8.96. The lowest BCUT2D eigenvalue weighted by Gasteiger charge is -2.08. The fourth-order valence-electron chi connectivity index (χ4n) is 1.37. The molecule has 0 saturated carbocycles. The summed E-state index contributed by atoms with van der Waals surface area (Å²) in [4.78, 5) is 11.8. The van der Waals surface area contributed by atoms with Crippen LogP contribution in [0.3, 0.4) is 0 Å². The smallest absolute Gasteiger partial charge is 0.256 e. The van der Waals surface area contributed by atoms with Crippen LogP contribution < -0.4 is 5.32 Å². The number of carbonyl (C=O) groups is 1. The Morgan fingerprint density at radius 3 is 2.88 bits per heavy atom. The number of hydrogen-bond acceptors (Lipinski definition) is 2. The first kappa shape index (κ1) is 12.3. The van der Waals surface area contributed by atoms with Crippen LogP contribution in [0.4, 0.5) is 10.1 Å². The highest BCUT2D eigenvalue weighted by atomic mass is 79.9. The summed E-state index contributed by atoms with van der Waals surface area (Å²) < 4.78 is 13.7. The van der Waals surface area contributed by atoms with E-state index in [0.29, 0.717) is 15.7 Å². The molecule has 88 valence electrons. The Bertz CT molecular complexity index is 554. The summed E-state index contributed by atoms with van der Waals surface area (Å²) in [5.41, 5.74) is 1.88. The van der Waals surface area contributed by atoms with E-state index in [9.17, 15) is 9.18 Å². The number of rotatable bonds is 2. The molecule has 2 nitrogen and oxygen atoms in total. The molecule has 2 aromatic rings. The summed E-state index contributed by atoms with van der Waals surface area (Å²) in [6.45, 7) is 1.81. The highest BCUT2D eigenvalue weighted by Crippen LogP contribution is 2.24. The summed E-state index contributed by atoms with van der Waals surface area (Å²) in [6, 6.07) is 4.67. The summed E-state index contributed by atoms with van der Waals surface area (Å²) in [5.74, 6) is -0.618. The van der Waals surface area contributed by atoms with Gasteiger partial charge in [0.15, 0.2) is 0 Å². The highest BCUT2D eigenvalue weighted by Gasteiger charge is 2.10. The monoisotopic (exact) mass is 313 g/mol. The third-order valence-corrected chi connectivity index (χ3v) is 3.59. The van der Waals surface area contributed by atoms with Crippen LogP contribution in [0.1, 0.15) is 15.9 Å². The van der Waals surface area contributed by atoms with Crippen molar-refractivity contribution >= 4 is 38.9 Å². The Hall–Kier alpha value is -1.20. The molecular weight excluding hydrogens is 305 g/mol. The van der Waals surface area contributed by atoms with Gasteiger partial charge in [-0.3, -0.25) is 4.79 Å².